The lowest BCUT2D eigenvalue weighted by Gasteiger charge is -2.11. The molecule has 3 aromatic rings. The Balaban J connectivity index is 1.81. The van der Waals surface area contributed by atoms with Crippen LogP contribution < -0.4 is 0 Å². The van der Waals surface area contributed by atoms with Gasteiger partial charge in [-0.3, -0.25) is 4.79 Å². The van der Waals surface area contributed by atoms with Crippen LogP contribution in [0.3, 0.4) is 0 Å². The van der Waals surface area contributed by atoms with Gasteiger partial charge in [-0.2, -0.15) is 13.2 Å². The zero-order chi connectivity index (χ0) is 18.9. The van der Waals surface area contributed by atoms with Crippen molar-refractivity contribution < 1.29 is 27.1 Å². The van der Waals surface area contributed by atoms with E-state index in [9.17, 15) is 22.4 Å². The Morgan fingerprint density at radius 1 is 1.19 bits per heavy atom. The lowest BCUT2D eigenvalue weighted by molar-refractivity contribution is -0.151. The molecule has 1 aromatic heterocycles. The number of para-hydroxylation sites is 2. The third kappa shape index (κ3) is 3.80. The number of carbonyl (C=O) groups is 1. The summed E-state index contributed by atoms with van der Waals surface area (Å²) in [4.78, 5) is 15.6. The van der Waals surface area contributed by atoms with E-state index < -0.39 is 30.3 Å². The van der Waals surface area contributed by atoms with Gasteiger partial charge in [0, 0.05) is 5.56 Å². The van der Waals surface area contributed by atoms with E-state index in [-0.39, 0.29) is 22.7 Å². The Morgan fingerprint density at radius 2 is 1.92 bits per heavy atom. The van der Waals surface area contributed by atoms with Gasteiger partial charge >= 0.3 is 12.1 Å². The van der Waals surface area contributed by atoms with Gasteiger partial charge in [-0.15, -0.1) is 0 Å². The molecule has 0 fully saturated rings. The third-order valence-electron chi connectivity index (χ3n) is 3.60. The quantitative estimate of drug-likeness (QED) is 0.486. The summed E-state index contributed by atoms with van der Waals surface area (Å²) >= 11 is 5.82. The molecule has 26 heavy (non-hydrogen) atoms. The summed E-state index contributed by atoms with van der Waals surface area (Å²) < 4.78 is 58.3. The summed E-state index contributed by atoms with van der Waals surface area (Å²) in [5.41, 5.74) is 0.624. The van der Waals surface area contributed by atoms with E-state index in [1.54, 1.807) is 12.1 Å². The van der Waals surface area contributed by atoms with E-state index in [4.69, 9.17) is 16.3 Å². The number of imidazole rings is 1. The molecule has 0 saturated heterocycles. The van der Waals surface area contributed by atoms with Crippen LogP contribution in [0.25, 0.3) is 11.0 Å². The van der Waals surface area contributed by atoms with Crippen molar-refractivity contribution in [3.05, 3.63) is 64.7 Å². The largest absolute Gasteiger partial charge is 0.459 e. The summed E-state index contributed by atoms with van der Waals surface area (Å²) in [6.07, 6.45) is -4.72. The van der Waals surface area contributed by atoms with E-state index in [1.807, 2.05) is 0 Å². The molecule has 0 saturated carbocycles. The molecule has 0 N–H and O–H groups in total. The molecule has 9 heteroatoms. The molecule has 0 aliphatic rings. The van der Waals surface area contributed by atoms with Crippen LogP contribution >= 0.6 is 11.6 Å². The molecule has 0 unspecified atom stereocenters. The molecule has 1 heterocycles. The number of fused-ring (bicyclic) bond motifs is 1. The first-order valence-electron chi connectivity index (χ1n) is 7.37. The number of ether oxygens (including phenoxy) is 1. The van der Waals surface area contributed by atoms with Crippen molar-refractivity contribution in [1.82, 2.24) is 9.55 Å². The molecule has 0 aliphatic carbocycles. The van der Waals surface area contributed by atoms with E-state index in [2.05, 4.69) is 4.98 Å². The van der Waals surface area contributed by atoms with Crippen LogP contribution in [0, 0.1) is 5.82 Å². The van der Waals surface area contributed by atoms with Gasteiger partial charge < -0.3 is 9.30 Å². The zero-order valence-corrected chi connectivity index (χ0v) is 13.8. The number of benzene rings is 2. The number of alkyl halides is 3. The smallest absolute Gasteiger partial charge is 0.449 e. The Hall–Kier alpha value is -2.61. The molecule has 0 amide bonds. The highest BCUT2D eigenvalue weighted by atomic mass is 35.5. The second kappa shape index (κ2) is 6.95. The topological polar surface area (TPSA) is 44.1 Å². The highest BCUT2D eigenvalue weighted by Crippen LogP contribution is 2.31. The van der Waals surface area contributed by atoms with E-state index in [0.717, 1.165) is 16.7 Å². The van der Waals surface area contributed by atoms with Crippen LogP contribution in [0.4, 0.5) is 17.6 Å². The minimum absolute atomic E-state index is 0.0573. The lowest BCUT2D eigenvalue weighted by Crippen LogP contribution is -2.20. The number of hydrogen-bond donors (Lipinski definition) is 0. The van der Waals surface area contributed by atoms with Gasteiger partial charge in [0.25, 0.3) is 0 Å². The average molecular weight is 387 g/mol. The molecule has 136 valence electrons. The second-order valence-corrected chi connectivity index (χ2v) is 5.81. The average Bonchev–Trinajstić information content (AvgIpc) is 2.93. The van der Waals surface area contributed by atoms with Crippen molar-refractivity contribution in [1.29, 1.82) is 0 Å². The van der Waals surface area contributed by atoms with Crippen molar-refractivity contribution in [3.8, 4) is 0 Å². The molecule has 0 atom stereocenters. The SMILES string of the molecule is O=C(Cn1c(C(F)(F)F)nc2ccccc21)OCc1ccc(F)cc1Cl. The number of carbonyl (C=O) groups excluding carboxylic acids is 1. The summed E-state index contributed by atoms with van der Waals surface area (Å²) in [5, 5.41) is 0.0573. The van der Waals surface area contributed by atoms with Gasteiger partial charge in [0.2, 0.25) is 5.82 Å². The summed E-state index contributed by atoms with van der Waals surface area (Å²) in [5.74, 6) is -2.64. The molecule has 3 rings (SSSR count). The lowest BCUT2D eigenvalue weighted by atomic mass is 10.2. The van der Waals surface area contributed by atoms with E-state index >= 15 is 0 Å². The van der Waals surface area contributed by atoms with Gasteiger partial charge in [0.1, 0.15) is 19.0 Å². The van der Waals surface area contributed by atoms with Gasteiger partial charge in [0.15, 0.2) is 0 Å². The molecular weight excluding hydrogens is 376 g/mol. The van der Waals surface area contributed by atoms with Gasteiger partial charge in [-0.05, 0) is 24.3 Å². The van der Waals surface area contributed by atoms with Gasteiger partial charge in [-0.25, -0.2) is 9.37 Å². The molecule has 0 bridgehead atoms. The van der Waals surface area contributed by atoms with E-state index in [0.29, 0.717) is 5.56 Å². The maximum atomic E-state index is 13.2. The monoisotopic (exact) mass is 386 g/mol. The normalized spacial score (nSPS) is 11.7. The van der Waals surface area contributed by atoms with Crippen LogP contribution in [0.2, 0.25) is 5.02 Å². The molecule has 4 nitrogen and oxygen atoms in total. The Labute approximate surface area is 150 Å². The van der Waals surface area contributed by atoms with Crippen LogP contribution in [0.1, 0.15) is 11.4 Å². The minimum Gasteiger partial charge on any atom is -0.459 e. The molecule has 2 aromatic carbocycles. The maximum absolute atomic E-state index is 13.2. The maximum Gasteiger partial charge on any atom is 0.449 e. The standard InChI is InChI=1S/C17H11ClF4N2O2/c18-12-7-11(19)6-5-10(12)9-26-15(25)8-24-14-4-2-1-3-13(14)23-16(24)17(20,21)22/h1-7H,8-9H2. The Kier molecular flexibility index (Phi) is 4.86. The minimum atomic E-state index is -4.72. The van der Waals surface area contributed by atoms with Crippen molar-refractivity contribution in [3.63, 3.8) is 0 Å². The predicted octanol–water partition coefficient (Wildman–Crippen LogP) is 4.59. The fourth-order valence-corrected chi connectivity index (χ4v) is 2.65. The van der Waals surface area contributed by atoms with Crippen LogP contribution in [0.5, 0.6) is 0 Å². The highest BCUT2D eigenvalue weighted by Gasteiger charge is 2.38. The number of aromatic nitrogens is 2. The second-order valence-electron chi connectivity index (χ2n) is 5.40. The number of rotatable bonds is 4. The van der Waals surface area contributed by atoms with Crippen molar-refractivity contribution in [2.24, 2.45) is 0 Å². The first-order valence-corrected chi connectivity index (χ1v) is 7.75. The number of esters is 1. The van der Waals surface area contributed by atoms with Gasteiger partial charge in [-0.1, -0.05) is 29.8 Å². The highest BCUT2D eigenvalue weighted by molar-refractivity contribution is 6.31. The molecule has 0 radical (unpaired) electrons. The van der Waals surface area contributed by atoms with Gasteiger partial charge in [0.05, 0.1) is 16.1 Å². The zero-order valence-electron chi connectivity index (χ0n) is 13.1. The van der Waals surface area contributed by atoms with Crippen molar-refractivity contribution >= 4 is 28.6 Å². The number of hydrogen-bond acceptors (Lipinski definition) is 3. The molecule has 0 spiro atoms. The number of halogens is 5. The van der Waals surface area contributed by atoms with E-state index in [1.165, 1.54) is 18.2 Å². The molecular formula is C17H11ClF4N2O2. The molecule has 0 aliphatic heterocycles. The summed E-state index contributed by atoms with van der Waals surface area (Å²) in [6.45, 7) is -0.958. The first-order chi connectivity index (χ1) is 12.3. The fraction of sp³-hybridized carbons (Fsp3) is 0.176. The Bertz CT molecular complexity index is 969. The van der Waals surface area contributed by atoms with Crippen LogP contribution in [0.15, 0.2) is 42.5 Å². The third-order valence-corrected chi connectivity index (χ3v) is 3.95. The van der Waals surface area contributed by atoms with Crippen LogP contribution in [-0.2, 0) is 28.9 Å². The first kappa shape index (κ1) is 18.2. The van der Waals surface area contributed by atoms with Crippen molar-refractivity contribution in [2.75, 3.05) is 0 Å². The van der Waals surface area contributed by atoms with Crippen LogP contribution in [-0.4, -0.2) is 15.5 Å². The summed E-state index contributed by atoms with van der Waals surface area (Å²) in [6, 6.07) is 9.47. The Morgan fingerprint density at radius 3 is 2.62 bits per heavy atom. The summed E-state index contributed by atoms with van der Waals surface area (Å²) in [7, 11) is 0. The number of nitrogens with zero attached hydrogens (tertiary/aromatic N) is 2. The fourth-order valence-electron chi connectivity index (χ4n) is 2.42. The van der Waals surface area contributed by atoms with Crippen molar-refractivity contribution in [2.45, 2.75) is 19.3 Å². The predicted molar refractivity (Wildman–Crippen MR) is 85.9 cm³/mol.